The zero-order valence-corrected chi connectivity index (χ0v) is 6.30. The van der Waals surface area contributed by atoms with E-state index in [2.05, 4.69) is 10.3 Å². The topological polar surface area (TPSA) is 109 Å². The van der Waals surface area contributed by atoms with E-state index in [0.717, 1.165) is 6.07 Å². The minimum absolute atomic E-state index is 0.0564. The van der Waals surface area contributed by atoms with Crippen molar-refractivity contribution in [2.24, 2.45) is 10.3 Å². The van der Waals surface area contributed by atoms with Gasteiger partial charge in [-0.3, -0.25) is 10.1 Å². The second-order valence-electron chi connectivity index (χ2n) is 2.13. The summed E-state index contributed by atoms with van der Waals surface area (Å²) in [6.45, 7) is 0. The molecule has 7 heteroatoms. The molecule has 0 radical (unpaired) electrons. The van der Waals surface area contributed by atoms with Gasteiger partial charge in [-0.1, -0.05) is 0 Å². The van der Waals surface area contributed by atoms with Crippen molar-refractivity contribution in [1.29, 1.82) is 5.53 Å². The van der Waals surface area contributed by atoms with Gasteiger partial charge in [0, 0.05) is 6.07 Å². The summed E-state index contributed by atoms with van der Waals surface area (Å²) in [5.41, 5.74) is 6.07. The Morgan fingerprint density at radius 2 is 2.15 bits per heavy atom. The molecule has 13 heavy (non-hydrogen) atoms. The first kappa shape index (κ1) is 8.91. The minimum Gasteiger partial charge on any atom is -0.258 e. The predicted molar refractivity (Wildman–Crippen MR) is 43.4 cm³/mol. The molecular weight excluding hydrogens is 176 g/mol. The fourth-order valence-electron chi connectivity index (χ4n) is 0.809. The molecule has 1 aromatic rings. The molecule has 0 bridgehead atoms. The maximum atomic E-state index is 10.4. The number of nitro benzene ring substituents is 1. The summed E-state index contributed by atoms with van der Waals surface area (Å²) in [5, 5.41) is 15.8. The van der Waals surface area contributed by atoms with Crippen molar-refractivity contribution in [2.45, 2.75) is 0 Å². The number of nitroso groups, excluding NO2 is 1. The molecule has 0 amide bonds. The van der Waals surface area contributed by atoms with Gasteiger partial charge in [-0.2, -0.15) is 5.11 Å². The van der Waals surface area contributed by atoms with E-state index in [-0.39, 0.29) is 11.4 Å². The molecule has 1 N–H and O–H groups in total. The fraction of sp³-hybridized carbons (Fsp3) is 0. The standard InChI is InChI=1S/C6H4N4O3/c7-8-5-2-1-4(9-11)3-6(5)10(12)13/h1-3,7H. The molecule has 0 atom stereocenters. The van der Waals surface area contributed by atoms with Gasteiger partial charge >= 0.3 is 0 Å². The van der Waals surface area contributed by atoms with E-state index in [4.69, 9.17) is 5.53 Å². The molecule has 1 rings (SSSR count). The Labute approximate surface area is 72.0 Å². The van der Waals surface area contributed by atoms with Crippen molar-refractivity contribution in [3.05, 3.63) is 33.2 Å². The number of nitrogens with one attached hydrogen (secondary N) is 1. The van der Waals surface area contributed by atoms with Crippen molar-refractivity contribution < 1.29 is 4.92 Å². The zero-order valence-electron chi connectivity index (χ0n) is 6.30. The number of hydrogen-bond donors (Lipinski definition) is 1. The lowest BCUT2D eigenvalue weighted by atomic mass is 10.2. The Morgan fingerprint density at radius 3 is 2.62 bits per heavy atom. The van der Waals surface area contributed by atoms with Crippen molar-refractivity contribution in [3.63, 3.8) is 0 Å². The van der Waals surface area contributed by atoms with Crippen LogP contribution in [0.4, 0.5) is 17.1 Å². The van der Waals surface area contributed by atoms with Gasteiger partial charge < -0.3 is 0 Å². The third-order valence-corrected chi connectivity index (χ3v) is 1.38. The highest BCUT2D eigenvalue weighted by Crippen LogP contribution is 2.30. The highest BCUT2D eigenvalue weighted by atomic mass is 16.6. The van der Waals surface area contributed by atoms with Gasteiger partial charge in [-0.05, 0) is 17.3 Å². The largest absolute Gasteiger partial charge is 0.298 e. The molecule has 0 aliphatic rings. The Hall–Kier alpha value is -2.18. The Bertz CT molecular complexity index is 376. The van der Waals surface area contributed by atoms with E-state index in [1.54, 1.807) is 0 Å². The lowest BCUT2D eigenvalue weighted by Gasteiger charge is -1.94. The van der Waals surface area contributed by atoms with Crippen molar-refractivity contribution in [3.8, 4) is 0 Å². The smallest absolute Gasteiger partial charge is 0.258 e. The van der Waals surface area contributed by atoms with Crippen molar-refractivity contribution >= 4 is 17.1 Å². The quantitative estimate of drug-likeness (QED) is 0.334. The monoisotopic (exact) mass is 180 g/mol. The zero-order chi connectivity index (χ0) is 9.84. The Morgan fingerprint density at radius 1 is 1.46 bits per heavy atom. The third-order valence-electron chi connectivity index (χ3n) is 1.38. The molecule has 0 fully saturated rings. The minimum atomic E-state index is -0.720. The van der Waals surface area contributed by atoms with Crippen LogP contribution in [0.2, 0.25) is 0 Å². The van der Waals surface area contributed by atoms with Crippen LogP contribution in [0.15, 0.2) is 28.5 Å². The van der Waals surface area contributed by atoms with Crippen LogP contribution in [-0.4, -0.2) is 4.92 Å². The van der Waals surface area contributed by atoms with Crippen LogP contribution in [0.3, 0.4) is 0 Å². The number of benzene rings is 1. The summed E-state index contributed by atoms with van der Waals surface area (Å²) in [6.07, 6.45) is 0. The van der Waals surface area contributed by atoms with Crippen molar-refractivity contribution in [1.82, 2.24) is 0 Å². The Balaban J connectivity index is 3.33. The second-order valence-corrected chi connectivity index (χ2v) is 2.13. The summed E-state index contributed by atoms with van der Waals surface area (Å²) in [4.78, 5) is 19.7. The molecule has 0 aliphatic carbocycles. The van der Waals surface area contributed by atoms with Crippen LogP contribution in [0, 0.1) is 20.6 Å². The SMILES string of the molecule is N=Nc1ccc(N=O)cc1[N+](=O)[O-]. The average molecular weight is 180 g/mol. The van der Waals surface area contributed by atoms with Crippen LogP contribution >= 0.6 is 0 Å². The van der Waals surface area contributed by atoms with Gasteiger partial charge in [0.1, 0.15) is 5.69 Å². The molecule has 0 heterocycles. The van der Waals surface area contributed by atoms with Gasteiger partial charge in [0.05, 0.1) is 4.92 Å². The lowest BCUT2D eigenvalue weighted by molar-refractivity contribution is -0.384. The second kappa shape index (κ2) is 3.48. The number of nitro groups is 1. The van der Waals surface area contributed by atoms with E-state index in [1.807, 2.05) is 0 Å². The number of hydrogen-bond acceptors (Lipinski definition) is 6. The lowest BCUT2D eigenvalue weighted by Crippen LogP contribution is -1.87. The molecular formula is C6H4N4O3. The molecule has 7 nitrogen and oxygen atoms in total. The molecule has 0 aromatic heterocycles. The predicted octanol–water partition coefficient (Wildman–Crippen LogP) is 2.66. The Kier molecular flexibility index (Phi) is 2.38. The maximum Gasteiger partial charge on any atom is 0.298 e. The number of rotatable bonds is 3. The highest BCUT2D eigenvalue weighted by Gasteiger charge is 2.14. The van der Waals surface area contributed by atoms with Gasteiger partial charge in [-0.15, -0.1) is 4.91 Å². The third kappa shape index (κ3) is 1.70. The number of nitrogens with zero attached hydrogens (tertiary/aromatic N) is 3. The van der Waals surface area contributed by atoms with Gasteiger partial charge in [-0.25, -0.2) is 5.53 Å². The highest BCUT2D eigenvalue weighted by molar-refractivity contribution is 5.62. The van der Waals surface area contributed by atoms with Crippen LogP contribution < -0.4 is 0 Å². The molecule has 1 aromatic carbocycles. The summed E-state index contributed by atoms with van der Waals surface area (Å²) in [7, 11) is 0. The van der Waals surface area contributed by atoms with Crippen LogP contribution in [0.25, 0.3) is 0 Å². The van der Waals surface area contributed by atoms with E-state index in [1.165, 1.54) is 12.1 Å². The van der Waals surface area contributed by atoms with Crippen LogP contribution in [0.5, 0.6) is 0 Å². The normalized spacial score (nSPS) is 9.23. The fourth-order valence-corrected chi connectivity index (χ4v) is 0.809. The average Bonchev–Trinajstić information content (AvgIpc) is 2.16. The van der Waals surface area contributed by atoms with Gasteiger partial charge in [0.15, 0.2) is 5.69 Å². The first-order chi connectivity index (χ1) is 6.19. The maximum absolute atomic E-state index is 10.4. The summed E-state index contributed by atoms with van der Waals surface area (Å²) < 4.78 is 0. The molecule has 66 valence electrons. The van der Waals surface area contributed by atoms with Crippen LogP contribution in [-0.2, 0) is 0 Å². The first-order valence-corrected chi connectivity index (χ1v) is 3.18. The molecule has 0 unspecified atom stereocenters. The summed E-state index contributed by atoms with van der Waals surface area (Å²) >= 11 is 0. The van der Waals surface area contributed by atoms with E-state index in [0.29, 0.717) is 0 Å². The van der Waals surface area contributed by atoms with Gasteiger partial charge in [0.2, 0.25) is 0 Å². The van der Waals surface area contributed by atoms with E-state index < -0.39 is 10.6 Å². The molecule has 0 aliphatic heterocycles. The molecule has 0 saturated carbocycles. The summed E-state index contributed by atoms with van der Waals surface area (Å²) in [5.74, 6) is 0. The first-order valence-electron chi connectivity index (χ1n) is 3.18. The van der Waals surface area contributed by atoms with E-state index >= 15 is 0 Å². The van der Waals surface area contributed by atoms with Crippen LogP contribution in [0.1, 0.15) is 0 Å². The van der Waals surface area contributed by atoms with Crippen molar-refractivity contribution in [2.75, 3.05) is 0 Å². The summed E-state index contributed by atoms with van der Waals surface area (Å²) in [6, 6.07) is 3.43. The van der Waals surface area contributed by atoms with E-state index in [9.17, 15) is 15.0 Å². The molecule has 0 saturated heterocycles. The molecule has 0 spiro atoms. The van der Waals surface area contributed by atoms with Gasteiger partial charge in [0.25, 0.3) is 5.69 Å².